The third-order valence-electron chi connectivity index (χ3n) is 3.71. The topological polar surface area (TPSA) is 58.6 Å². The van der Waals surface area contributed by atoms with E-state index in [0.717, 1.165) is 11.3 Å². The summed E-state index contributed by atoms with van der Waals surface area (Å²) in [5.74, 6) is 0.798. The number of aryl methyl sites for hydroxylation is 1. The van der Waals surface area contributed by atoms with Crippen LogP contribution in [0.1, 0.15) is 25.3 Å². The van der Waals surface area contributed by atoms with E-state index in [-0.39, 0.29) is 17.9 Å². The molecule has 1 aliphatic rings. The molecule has 0 aliphatic carbocycles. The molecule has 2 rings (SSSR count). The summed E-state index contributed by atoms with van der Waals surface area (Å²) in [6.45, 7) is 5.38. The van der Waals surface area contributed by atoms with E-state index in [1.165, 1.54) is 0 Å². The van der Waals surface area contributed by atoms with Crippen LogP contribution in [-0.2, 0) is 9.59 Å². The van der Waals surface area contributed by atoms with Crippen LogP contribution < -0.4 is 10.1 Å². The van der Waals surface area contributed by atoms with Crippen LogP contribution in [-0.4, -0.2) is 42.5 Å². The van der Waals surface area contributed by atoms with Gasteiger partial charge in [0.1, 0.15) is 11.8 Å². The number of amides is 2. The Kier molecular flexibility index (Phi) is 5.20. The van der Waals surface area contributed by atoms with Crippen LogP contribution >= 0.6 is 0 Å². The molecule has 1 N–H and O–H groups in total. The van der Waals surface area contributed by atoms with Crippen molar-refractivity contribution < 1.29 is 14.3 Å². The number of ether oxygens (including phenoxy) is 1. The Labute approximate surface area is 125 Å². The van der Waals surface area contributed by atoms with Crippen molar-refractivity contribution in [3.05, 3.63) is 29.8 Å². The lowest BCUT2D eigenvalue weighted by molar-refractivity contribution is -0.142. The van der Waals surface area contributed by atoms with E-state index in [2.05, 4.69) is 5.32 Å². The molecule has 1 unspecified atom stereocenters. The van der Waals surface area contributed by atoms with Crippen molar-refractivity contribution in [1.82, 2.24) is 10.2 Å². The van der Waals surface area contributed by atoms with E-state index in [0.29, 0.717) is 32.5 Å². The lowest BCUT2D eigenvalue weighted by Crippen LogP contribution is -2.55. The first-order valence-electron chi connectivity index (χ1n) is 7.35. The number of rotatable bonds is 5. The van der Waals surface area contributed by atoms with Crippen LogP contribution in [0.15, 0.2) is 24.3 Å². The Morgan fingerprint density at radius 3 is 2.95 bits per heavy atom. The fourth-order valence-electron chi connectivity index (χ4n) is 2.39. The molecule has 1 heterocycles. The maximum Gasteiger partial charge on any atom is 0.242 e. The molecule has 1 saturated heterocycles. The normalized spacial score (nSPS) is 18.3. The van der Waals surface area contributed by atoms with Crippen molar-refractivity contribution in [3.63, 3.8) is 0 Å². The highest BCUT2D eigenvalue weighted by Gasteiger charge is 2.28. The zero-order valence-corrected chi connectivity index (χ0v) is 12.6. The van der Waals surface area contributed by atoms with Gasteiger partial charge in [0, 0.05) is 19.5 Å². The second-order valence-corrected chi connectivity index (χ2v) is 5.27. The van der Waals surface area contributed by atoms with E-state index >= 15 is 0 Å². The lowest BCUT2D eigenvalue weighted by atomic mass is 10.1. The summed E-state index contributed by atoms with van der Waals surface area (Å²) in [6, 6.07) is 7.45. The van der Waals surface area contributed by atoms with E-state index in [4.69, 9.17) is 4.74 Å². The molecular formula is C16H22N2O3. The number of piperazine rings is 1. The summed E-state index contributed by atoms with van der Waals surface area (Å²) in [5.41, 5.74) is 1.09. The highest BCUT2D eigenvalue weighted by atomic mass is 16.5. The number of carbonyl (C=O) groups excluding carboxylic acids is 2. The van der Waals surface area contributed by atoms with Gasteiger partial charge < -0.3 is 15.0 Å². The monoisotopic (exact) mass is 290 g/mol. The first kappa shape index (κ1) is 15.4. The minimum atomic E-state index is -0.372. The quantitative estimate of drug-likeness (QED) is 0.836. The number of carbonyl (C=O) groups is 2. The van der Waals surface area contributed by atoms with Gasteiger partial charge in [0.2, 0.25) is 11.8 Å². The van der Waals surface area contributed by atoms with E-state index in [9.17, 15) is 9.59 Å². The van der Waals surface area contributed by atoms with E-state index in [1.54, 1.807) is 11.8 Å². The van der Waals surface area contributed by atoms with Crippen molar-refractivity contribution in [1.29, 1.82) is 0 Å². The number of benzene rings is 1. The predicted molar refractivity (Wildman–Crippen MR) is 80.1 cm³/mol. The first-order chi connectivity index (χ1) is 10.1. The van der Waals surface area contributed by atoms with Crippen LogP contribution in [0.2, 0.25) is 0 Å². The van der Waals surface area contributed by atoms with Crippen LogP contribution in [0.5, 0.6) is 5.75 Å². The van der Waals surface area contributed by atoms with Gasteiger partial charge in [-0.15, -0.1) is 0 Å². The third-order valence-corrected chi connectivity index (χ3v) is 3.71. The maximum absolute atomic E-state index is 12.1. The second-order valence-electron chi connectivity index (χ2n) is 5.27. The fraction of sp³-hybridized carbons (Fsp3) is 0.500. The van der Waals surface area contributed by atoms with Crippen LogP contribution in [0.3, 0.4) is 0 Å². The number of nitrogens with one attached hydrogen (secondary N) is 1. The summed E-state index contributed by atoms with van der Waals surface area (Å²) in [6.07, 6.45) is 1.06. The molecule has 1 aromatic carbocycles. The van der Waals surface area contributed by atoms with Crippen molar-refractivity contribution in [2.75, 3.05) is 19.7 Å². The van der Waals surface area contributed by atoms with E-state index in [1.807, 2.05) is 31.2 Å². The molecule has 1 aromatic rings. The number of hydrogen-bond acceptors (Lipinski definition) is 3. The summed E-state index contributed by atoms with van der Waals surface area (Å²) in [4.78, 5) is 25.3. The van der Waals surface area contributed by atoms with Crippen molar-refractivity contribution in [3.8, 4) is 5.75 Å². The minimum absolute atomic E-state index is 0.0192. The molecule has 114 valence electrons. The molecule has 0 saturated carbocycles. The third kappa shape index (κ3) is 3.97. The average Bonchev–Trinajstić information content (AvgIpc) is 2.48. The van der Waals surface area contributed by atoms with Crippen molar-refractivity contribution in [2.24, 2.45) is 0 Å². The highest BCUT2D eigenvalue weighted by Crippen LogP contribution is 2.16. The summed E-state index contributed by atoms with van der Waals surface area (Å²) < 4.78 is 5.67. The Hall–Kier alpha value is -2.04. The van der Waals surface area contributed by atoms with Crippen molar-refractivity contribution >= 4 is 11.8 Å². The number of hydrogen-bond donors (Lipinski definition) is 1. The van der Waals surface area contributed by atoms with Gasteiger partial charge in [-0.25, -0.2) is 0 Å². The SMILES string of the molecule is Cc1ccccc1OCCCC(=O)N1CCNC(=O)C1C. The molecule has 1 atom stereocenters. The largest absolute Gasteiger partial charge is 0.493 e. The fourth-order valence-corrected chi connectivity index (χ4v) is 2.39. The highest BCUT2D eigenvalue weighted by molar-refractivity contribution is 5.88. The summed E-state index contributed by atoms with van der Waals surface area (Å²) >= 11 is 0. The molecule has 0 spiro atoms. The molecule has 1 fully saturated rings. The zero-order chi connectivity index (χ0) is 15.2. The molecule has 0 bridgehead atoms. The standard InChI is InChI=1S/C16H22N2O3/c1-12-6-3-4-7-14(12)21-11-5-8-15(19)18-10-9-17-16(20)13(18)2/h3-4,6-7,13H,5,8-11H2,1-2H3,(H,17,20). The smallest absolute Gasteiger partial charge is 0.242 e. The summed E-state index contributed by atoms with van der Waals surface area (Å²) in [7, 11) is 0. The van der Waals surface area contributed by atoms with Gasteiger partial charge in [0.15, 0.2) is 0 Å². The molecule has 5 nitrogen and oxygen atoms in total. The van der Waals surface area contributed by atoms with Crippen molar-refractivity contribution in [2.45, 2.75) is 32.7 Å². The number of para-hydroxylation sites is 1. The van der Waals surface area contributed by atoms with Crippen LogP contribution in [0, 0.1) is 6.92 Å². The first-order valence-corrected chi connectivity index (χ1v) is 7.35. The van der Waals surface area contributed by atoms with Gasteiger partial charge in [0.25, 0.3) is 0 Å². The predicted octanol–water partition coefficient (Wildman–Crippen LogP) is 1.50. The Bertz CT molecular complexity index is 516. The Morgan fingerprint density at radius 2 is 2.19 bits per heavy atom. The lowest BCUT2D eigenvalue weighted by Gasteiger charge is -2.32. The van der Waals surface area contributed by atoms with Gasteiger partial charge in [-0.3, -0.25) is 9.59 Å². The van der Waals surface area contributed by atoms with Gasteiger partial charge in [-0.1, -0.05) is 18.2 Å². The van der Waals surface area contributed by atoms with Gasteiger partial charge in [-0.05, 0) is 31.9 Å². The minimum Gasteiger partial charge on any atom is -0.493 e. The van der Waals surface area contributed by atoms with Crippen LogP contribution in [0.25, 0.3) is 0 Å². The molecule has 0 aromatic heterocycles. The molecule has 0 radical (unpaired) electrons. The zero-order valence-electron chi connectivity index (χ0n) is 12.6. The van der Waals surface area contributed by atoms with Gasteiger partial charge in [-0.2, -0.15) is 0 Å². The maximum atomic E-state index is 12.1. The number of nitrogens with zero attached hydrogens (tertiary/aromatic N) is 1. The Balaban J connectivity index is 1.74. The second kappa shape index (κ2) is 7.11. The van der Waals surface area contributed by atoms with Gasteiger partial charge >= 0.3 is 0 Å². The Morgan fingerprint density at radius 1 is 1.43 bits per heavy atom. The molecule has 5 heteroatoms. The average molecular weight is 290 g/mol. The molecule has 1 aliphatic heterocycles. The van der Waals surface area contributed by atoms with Gasteiger partial charge in [0.05, 0.1) is 6.61 Å². The molecular weight excluding hydrogens is 268 g/mol. The van der Waals surface area contributed by atoms with Crippen LogP contribution in [0.4, 0.5) is 0 Å². The van der Waals surface area contributed by atoms with E-state index < -0.39 is 0 Å². The molecule has 2 amide bonds. The summed E-state index contributed by atoms with van der Waals surface area (Å²) in [5, 5.41) is 2.75. The molecule has 21 heavy (non-hydrogen) atoms.